The Bertz CT molecular complexity index is 512. The number of nitrogens with zero attached hydrogens (tertiary/aromatic N) is 1. The Morgan fingerprint density at radius 1 is 1.19 bits per heavy atom. The largest absolute Gasteiger partial charge is 0.493 e. The Labute approximate surface area is 127 Å². The smallest absolute Gasteiger partial charge is 0.124 e. The molecule has 2 heterocycles. The molecule has 1 saturated heterocycles. The molecule has 0 aliphatic carbocycles. The topological polar surface area (TPSA) is 47.7 Å². The maximum atomic E-state index is 6.32. The second-order valence-electron chi connectivity index (χ2n) is 6.24. The Hall–Kier alpha value is -1.10. The minimum atomic E-state index is -0.104. The van der Waals surface area contributed by atoms with Gasteiger partial charge in [-0.1, -0.05) is 6.07 Å². The molecule has 0 aromatic heterocycles. The molecule has 116 valence electrons. The fourth-order valence-electron chi connectivity index (χ4n) is 3.95. The third-order valence-electron chi connectivity index (χ3n) is 4.86. The summed E-state index contributed by atoms with van der Waals surface area (Å²) in [6.45, 7) is 9.21. The third kappa shape index (κ3) is 2.56. The van der Waals surface area contributed by atoms with Gasteiger partial charge in [-0.15, -0.1) is 0 Å². The molecule has 2 aliphatic rings. The minimum absolute atomic E-state index is 0.104. The molecule has 1 atom stereocenters. The molecule has 1 fully saturated rings. The number of morpholine rings is 1. The summed E-state index contributed by atoms with van der Waals surface area (Å²) in [5.41, 5.74) is 10.1. The summed E-state index contributed by atoms with van der Waals surface area (Å²) in [4.78, 5) is 2.52. The van der Waals surface area contributed by atoms with Crippen molar-refractivity contribution in [3.05, 3.63) is 28.8 Å². The molecule has 4 nitrogen and oxygen atoms in total. The Kier molecular flexibility index (Phi) is 4.20. The van der Waals surface area contributed by atoms with Gasteiger partial charge in [-0.05, 0) is 43.9 Å². The highest BCUT2D eigenvalue weighted by molar-refractivity contribution is 5.48. The average molecular weight is 290 g/mol. The van der Waals surface area contributed by atoms with Gasteiger partial charge in [0.25, 0.3) is 0 Å². The monoisotopic (exact) mass is 290 g/mol. The zero-order valence-electron chi connectivity index (χ0n) is 13.2. The summed E-state index contributed by atoms with van der Waals surface area (Å²) in [6, 6.07) is 4.41. The van der Waals surface area contributed by atoms with Crippen LogP contribution in [-0.4, -0.2) is 44.4 Å². The van der Waals surface area contributed by atoms with Crippen molar-refractivity contribution in [2.24, 2.45) is 5.73 Å². The van der Waals surface area contributed by atoms with Gasteiger partial charge in [0, 0.05) is 25.2 Å². The predicted octanol–water partition coefficient (Wildman–Crippen LogP) is 1.96. The predicted molar refractivity (Wildman–Crippen MR) is 83.8 cm³/mol. The van der Waals surface area contributed by atoms with Crippen LogP contribution in [0.15, 0.2) is 12.1 Å². The van der Waals surface area contributed by atoms with Crippen molar-refractivity contribution in [2.75, 3.05) is 39.5 Å². The molecule has 21 heavy (non-hydrogen) atoms. The molecule has 0 radical (unpaired) electrons. The van der Waals surface area contributed by atoms with E-state index in [9.17, 15) is 0 Å². The summed E-state index contributed by atoms with van der Waals surface area (Å²) in [5.74, 6) is 1.03. The molecule has 1 unspecified atom stereocenters. The molecule has 0 amide bonds. The lowest BCUT2D eigenvalue weighted by Gasteiger charge is -2.46. The van der Waals surface area contributed by atoms with Gasteiger partial charge in [0.15, 0.2) is 0 Å². The van der Waals surface area contributed by atoms with Crippen molar-refractivity contribution in [3.8, 4) is 5.75 Å². The number of nitrogens with two attached hydrogens (primary N) is 1. The second kappa shape index (κ2) is 5.95. The first kappa shape index (κ1) is 14.8. The molecule has 0 saturated carbocycles. The molecule has 3 rings (SSSR count). The summed E-state index contributed by atoms with van der Waals surface area (Å²) in [7, 11) is 0. The van der Waals surface area contributed by atoms with E-state index in [1.165, 1.54) is 16.7 Å². The molecule has 2 aliphatic heterocycles. The average Bonchev–Trinajstić information content (AvgIpc) is 2.68. The van der Waals surface area contributed by atoms with Crippen LogP contribution in [-0.2, 0) is 10.3 Å². The van der Waals surface area contributed by atoms with Gasteiger partial charge in [-0.25, -0.2) is 0 Å². The van der Waals surface area contributed by atoms with Crippen LogP contribution in [0.4, 0.5) is 0 Å². The quantitative estimate of drug-likeness (QED) is 0.904. The maximum absolute atomic E-state index is 6.32. The molecule has 4 heteroatoms. The first-order valence-electron chi connectivity index (χ1n) is 7.95. The van der Waals surface area contributed by atoms with E-state index in [1.807, 2.05) is 0 Å². The number of benzene rings is 1. The van der Waals surface area contributed by atoms with Crippen LogP contribution in [0, 0.1) is 13.8 Å². The standard InChI is InChI=1S/C17H26N2O2/c1-13-10-14(2)16-15(11-13)21-7-3-4-17(16,12-18)19-5-8-20-9-6-19/h10-11H,3-9,12,18H2,1-2H3. The van der Waals surface area contributed by atoms with E-state index in [0.717, 1.165) is 51.5 Å². The van der Waals surface area contributed by atoms with Crippen LogP contribution in [0.3, 0.4) is 0 Å². The fourth-order valence-corrected chi connectivity index (χ4v) is 3.95. The highest BCUT2D eigenvalue weighted by Crippen LogP contribution is 2.43. The Morgan fingerprint density at radius 2 is 1.95 bits per heavy atom. The minimum Gasteiger partial charge on any atom is -0.493 e. The normalized spacial score (nSPS) is 26.8. The van der Waals surface area contributed by atoms with Crippen molar-refractivity contribution >= 4 is 0 Å². The first-order valence-corrected chi connectivity index (χ1v) is 7.95. The zero-order valence-corrected chi connectivity index (χ0v) is 13.2. The van der Waals surface area contributed by atoms with E-state index in [-0.39, 0.29) is 5.54 Å². The third-order valence-corrected chi connectivity index (χ3v) is 4.86. The number of hydrogen-bond acceptors (Lipinski definition) is 4. The summed E-state index contributed by atoms with van der Waals surface area (Å²) < 4.78 is 11.6. The van der Waals surface area contributed by atoms with Gasteiger partial charge in [-0.2, -0.15) is 0 Å². The molecular weight excluding hydrogens is 264 g/mol. The van der Waals surface area contributed by atoms with E-state index in [0.29, 0.717) is 6.54 Å². The van der Waals surface area contributed by atoms with Gasteiger partial charge in [0.05, 0.1) is 25.4 Å². The molecule has 0 spiro atoms. The van der Waals surface area contributed by atoms with Gasteiger partial charge in [-0.3, -0.25) is 4.90 Å². The van der Waals surface area contributed by atoms with Crippen molar-refractivity contribution < 1.29 is 9.47 Å². The van der Waals surface area contributed by atoms with Crippen LogP contribution in [0.1, 0.15) is 29.5 Å². The van der Waals surface area contributed by atoms with Crippen molar-refractivity contribution in [1.29, 1.82) is 0 Å². The van der Waals surface area contributed by atoms with Crippen LogP contribution in [0.5, 0.6) is 5.75 Å². The van der Waals surface area contributed by atoms with Crippen LogP contribution >= 0.6 is 0 Å². The summed E-state index contributed by atoms with van der Waals surface area (Å²) in [6.07, 6.45) is 2.10. The Morgan fingerprint density at radius 3 is 2.67 bits per heavy atom. The lowest BCUT2D eigenvalue weighted by Crippen LogP contribution is -2.55. The SMILES string of the molecule is Cc1cc(C)c2c(c1)OCCCC2(CN)N1CCOCC1. The second-order valence-corrected chi connectivity index (χ2v) is 6.24. The number of hydrogen-bond donors (Lipinski definition) is 1. The van der Waals surface area contributed by atoms with E-state index < -0.39 is 0 Å². The fraction of sp³-hybridized carbons (Fsp3) is 0.647. The van der Waals surface area contributed by atoms with Crippen LogP contribution in [0.25, 0.3) is 0 Å². The first-order chi connectivity index (χ1) is 10.2. The summed E-state index contributed by atoms with van der Waals surface area (Å²) >= 11 is 0. The zero-order chi connectivity index (χ0) is 14.9. The highest BCUT2D eigenvalue weighted by atomic mass is 16.5. The highest BCUT2D eigenvalue weighted by Gasteiger charge is 2.42. The van der Waals surface area contributed by atoms with Crippen molar-refractivity contribution in [1.82, 2.24) is 4.90 Å². The maximum Gasteiger partial charge on any atom is 0.124 e. The molecule has 2 N–H and O–H groups in total. The van der Waals surface area contributed by atoms with E-state index >= 15 is 0 Å². The van der Waals surface area contributed by atoms with Crippen LogP contribution in [0.2, 0.25) is 0 Å². The lowest BCUT2D eigenvalue weighted by molar-refractivity contribution is -0.0254. The molecule has 0 bridgehead atoms. The Balaban J connectivity index is 2.12. The van der Waals surface area contributed by atoms with E-state index in [4.69, 9.17) is 15.2 Å². The van der Waals surface area contributed by atoms with Gasteiger partial charge in [0.1, 0.15) is 5.75 Å². The van der Waals surface area contributed by atoms with Gasteiger partial charge < -0.3 is 15.2 Å². The van der Waals surface area contributed by atoms with Gasteiger partial charge in [0.2, 0.25) is 0 Å². The lowest BCUT2D eigenvalue weighted by atomic mass is 9.80. The van der Waals surface area contributed by atoms with Crippen molar-refractivity contribution in [2.45, 2.75) is 32.2 Å². The number of ether oxygens (including phenoxy) is 2. The molecular formula is C17H26N2O2. The summed E-state index contributed by atoms with van der Waals surface area (Å²) in [5, 5.41) is 0. The molecule has 1 aromatic carbocycles. The van der Waals surface area contributed by atoms with Crippen molar-refractivity contribution in [3.63, 3.8) is 0 Å². The van der Waals surface area contributed by atoms with E-state index in [2.05, 4.69) is 30.9 Å². The number of aryl methyl sites for hydroxylation is 2. The van der Waals surface area contributed by atoms with E-state index in [1.54, 1.807) is 0 Å². The number of fused-ring (bicyclic) bond motifs is 1. The molecule has 1 aromatic rings. The van der Waals surface area contributed by atoms with Gasteiger partial charge >= 0.3 is 0 Å². The van der Waals surface area contributed by atoms with Crippen LogP contribution < -0.4 is 10.5 Å². The number of rotatable bonds is 2.